The van der Waals surface area contributed by atoms with Crippen LogP contribution in [0.1, 0.15) is 5.82 Å². The number of nitrogens with one attached hydrogen (secondary N) is 1. The number of hydrogen-bond donors (Lipinski definition) is 1. The molecule has 0 saturated heterocycles. The van der Waals surface area contributed by atoms with E-state index in [1.54, 1.807) is 19.4 Å². The first-order chi connectivity index (χ1) is 12.7. The van der Waals surface area contributed by atoms with Gasteiger partial charge in [-0.1, -0.05) is 11.6 Å². The number of fused-ring (bicyclic) bond motifs is 3. The van der Waals surface area contributed by atoms with Gasteiger partial charge in [-0.25, -0.2) is 4.98 Å². The van der Waals surface area contributed by atoms with Crippen LogP contribution in [0.5, 0.6) is 11.6 Å². The third kappa shape index (κ3) is 3.17. The van der Waals surface area contributed by atoms with Crippen LogP contribution in [0.25, 0.3) is 11.4 Å². The molecule has 0 amide bonds. The van der Waals surface area contributed by atoms with Gasteiger partial charge in [-0.15, -0.1) is 10.2 Å². The van der Waals surface area contributed by atoms with Crippen LogP contribution in [-0.4, -0.2) is 33.5 Å². The fraction of sp³-hybridized carbons (Fsp3) is 0.235. The zero-order valence-electron chi connectivity index (χ0n) is 14.2. The molecule has 2 aromatic heterocycles. The van der Waals surface area contributed by atoms with E-state index >= 15 is 0 Å². The second kappa shape index (κ2) is 7.05. The average molecular weight is 390 g/mol. The molecular weight excluding hydrogens is 374 g/mol. The lowest BCUT2D eigenvalue weighted by atomic mass is 10.2. The first-order valence-electron chi connectivity index (χ1n) is 7.95. The van der Waals surface area contributed by atoms with Crippen molar-refractivity contribution in [2.24, 2.45) is 0 Å². The molecule has 0 radical (unpaired) electrons. The number of rotatable bonds is 4. The van der Waals surface area contributed by atoms with E-state index < -0.39 is 0 Å². The van der Waals surface area contributed by atoms with Gasteiger partial charge < -0.3 is 18.8 Å². The summed E-state index contributed by atoms with van der Waals surface area (Å²) in [7, 11) is 1.63. The molecule has 26 heavy (non-hydrogen) atoms. The number of aromatic nitrogens is 4. The summed E-state index contributed by atoms with van der Waals surface area (Å²) in [5, 5.41) is 9.09. The summed E-state index contributed by atoms with van der Waals surface area (Å²) in [4.78, 5) is 5.30. The number of aryl methyl sites for hydroxylation is 1. The zero-order chi connectivity index (χ0) is 18.1. The summed E-state index contributed by atoms with van der Waals surface area (Å²) in [5.41, 5.74) is 1.63. The summed E-state index contributed by atoms with van der Waals surface area (Å²) < 4.78 is 16.4. The van der Waals surface area contributed by atoms with Crippen LogP contribution >= 0.6 is 23.5 Å². The number of pyridine rings is 1. The Labute approximate surface area is 159 Å². The second-order valence-corrected chi connectivity index (χ2v) is 6.93. The van der Waals surface area contributed by atoms with Crippen molar-refractivity contribution in [3.63, 3.8) is 0 Å². The van der Waals surface area contributed by atoms with Crippen molar-refractivity contribution in [3.05, 3.63) is 41.3 Å². The maximum absolute atomic E-state index is 6.08. The van der Waals surface area contributed by atoms with Crippen molar-refractivity contribution >= 4 is 29.2 Å². The zero-order valence-corrected chi connectivity index (χ0v) is 15.8. The van der Waals surface area contributed by atoms with Crippen molar-refractivity contribution in [2.75, 3.05) is 18.4 Å². The molecule has 0 aliphatic carbocycles. The highest BCUT2D eigenvalue weighted by Crippen LogP contribution is 2.35. The minimum absolute atomic E-state index is 0.535. The Morgan fingerprint density at radius 1 is 1.31 bits per heavy atom. The Morgan fingerprint density at radius 2 is 2.19 bits per heavy atom. The summed E-state index contributed by atoms with van der Waals surface area (Å²) in [6, 6.07) is 7.43. The van der Waals surface area contributed by atoms with E-state index in [2.05, 4.69) is 19.9 Å². The smallest absolute Gasteiger partial charge is 0.224 e. The molecule has 134 valence electrons. The number of benzene rings is 1. The molecule has 0 fully saturated rings. The molecule has 1 aliphatic heterocycles. The van der Waals surface area contributed by atoms with Crippen LogP contribution in [0, 0.1) is 6.92 Å². The Morgan fingerprint density at radius 3 is 3.04 bits per heavy atom. The summed E-state index contributed by atoms with van der Waals surface area (Å²) in [6.45, 7) is 3.16. The predicted molar refractivity (Wildman–Crippen MR) is 101 cm³/mol. The predicted octanol–water partition coefficient (Wildman–Crippen LogP) is 3.82. The van der Waals surface area contributed by atoms with Crippen LogP contribution in [-0.2, 0) is 6.54 Å². The van der Waals surface area contributed by atoms with Gasteiger partial charge in [-0.05, 0) is 43.1 Å². The molecule has 4 rings (SSSR count). The molecule has 0 unspecified atom stereocenters. The molecule has 1 aliphatic rings. The largest absolute Gasteiger partial charge is 0.496 e. The van der Waals surface area contributed by atoms with Crippen molar-refractivity contribution in [2.45, 2.75) is 18.4 Å². The highest BCUT2D eigenvalue weighted by Gasteiger charge is 2.21. The molecule has 3 aromatic rings. The number of halogens is 1. The van der Waals surface area contributed by atoms with Gasteiger partial charge in [-0.2, -0.15) is 0 Å². The number of hydrogen-bond acceptors (Lipinski definition) is 7. The van der Waals surface area contributed by atoms with Gasteiger partial charge >= 0.3 is 0 Å². The van der Waals surface area contributed by atoms with Crippen LogP contribution in [0.15, 0.2) is 35.4 Å². The van der Waals surface area contributed by atoms with E-state index in [4.69, 9.17) is 21.1 Å². The minimum Gasteiger partial charge on any atom is -0.496 e. The molecule has 7 nitrogen and oxygen atoms in total. The SMILES string of the molecule is COc1ccc(Cl)cc1SNc1cnc2c(c1)-c1nnc(C)n1CCO2. The Bertz CT molecular complexity index is 962. The van der Waals surface area contributed by atoms with Crippen LogP contribution in [0.3, 0.4) is 0 Å². The van der Waals surface area contributed by atoms with Gasteiger partial charge in [0.15, 0.2) is 5.82 Å². The molecule has 9 heteroatoms. The van der Waals surface area contributed by atoms with E-state index in [1.165, 1.54) is 11.9 Å². The van der Waals surface area contributed by atoms with Crippen molar-refractivity contribution < 1.29 is 9.47 Å². The normalized spacial score (nSPS) is 12.6. The summed E-state index contributed by atoms with van der Waals surface area (Å²) in [6.07, 6.45) is 1.72. The van der Waals surface area contributed by atoms with E-state index in [0.29, 0.717) is 24.1 Å². The number of nitrogens with zero attached hydrogens (tertiary/aromatic N) is 4. The second-order valence-electron chi connectivity index (χ2n) is 5.65. The number of ether oxygens (including phenoxy) is 2. The molecule has 0 spiro atoms. The number of methoxy groups -OCH3 is 1. The lowest BCUT2D eigenvalue weighted by molar-refractivity contribution is 0.294. The third-order valence-electron chi connectivity index (χ3n) is 3.99. The first kappa shape index (κ1) is 17.0. The van der Waals surface area contributed by atoms with E-state index in [-0.39, 0.29) is 0 Å². The molecule has 0 saturated carbocycles. The van der Waals surface area contributed by atoms with Crippen LogP contribution < -0.4 is 14.2 Å². The fourth-order valence-electron chi connectivity index (χ4n) is 2.71. The van der Waals surface area contributed by atoms with E-state index in [0.717, 1.165) is 33.5 Å². The molecule has 3 heterocycles. The number of anilines is 1. The Balaban J connectivity index is 1.63. The van der Waals surface area contributed by atoms with E-state index in [9.17, 15) is 0 Å². The monoisotopic (exact) mass is 389 g/mol. The molecule has 1 aromatic carbocycles. The minimum atomic E-state index is 0.535. The van der Waals surface area contributed by atoms with Crippen molar-refractivity contribution in [1.29, 1.82) is 0 Å². The van der Waals surface area contributed by atoms with Crippen molar-refractivity contribution in [1.82, 2.24) is 19.7 Å². The highest BCUT2D eigenvalue weighted by molar-refractivity contribution is 8.00. The molecule has 0 atom stereocenters. The quantitative estimate of drug-likeness (QED) is 0.680. The highest BCUT2D eigenvalue weighted by atomic mass is 35.5. The van der Waals surface area contributed by atoms with Gasteiger partial charge in [0.1, 0.15) is 18.2 Å². The fourth-order valence-corrected chi connectivity index (χ4v) is 3.72. The lowest BCUT2D eigenvalue weighted by Crippen LogP contribution is -2.07. The van der Waals surface area contributed by atoms with Gasteiger partial charge in [0.25, 0.3) is 0 Å². The maximum Gasteiger partial charge on any atom is 0.224 e. The van der Waals surface area contributed by atoms with Crippen molar-refractivity contribution in [3.8, 4) is 23.0 Å². The Hall–Kier alpha value is -2.45. The van der Waals surface area contributed by atoms with Crippen LogP contribution in [0.2, 0.25) is 5.02 Å². The maximum atomic E-state index is 6.08. The summed E-state index contributed by atoms with van der Waals surface area (Å²) in [5.74, 6) is 2.92. The Kier molecular flexibility index (Phi) is 4.60. The molecule has 1 N–H and O–H groups in total. The first-order valence-corrected chi connectivity index (χ1v) is 9.14. The summed E-state index contributed by atoms with van der Waals surface area (Å²) >= 11 is 7.48. The molecular formula is C17H16ClN5O2S. The van der Waals surface area contributed by atoms with Gasteiger partial charge in [0.05, 0.1) is 36.0 Å². The average Bonchev–Trinajstić information content (AvgIpc) is 2.91. The molecule has 0 bridgehead atoms. The standard InChI is InChI=1S/C17H16ClN5O2S/c1-10-20-21-16-13-8-12(9-19-17(13)25-6-5-23(10)16)22-26-15-7-11(18)3-4-14(15)24-2/h3-4,7-9,22H,5-6H2,1-2H3. The van der Waals surface area contributed by atoms with Crippen LogP contribution in [0.4, 0.5) is 5.69 Å². The van der Waals surface area contributed by atoms with Gasteiger partial charge in [-0.3, -0.25) is 0 Å². The third-order valence-corrected chi connectivity index (χ3v) is 5.10. The van der Waals surface area contributed by atoms with Gasteiger partial charge in [0, 0.05) is 5.02 Å². The topological polar surface area (TPSA) is 74.1 Å². The van der Waals surface area contributed by atoms with E-state index in [1.807, 2.05) is 29.7 Å². The van der Waals surface area contributed by atoms with Gasteiger partial charge in [0.2, 0.25) is 5.88 Å². The lowest BCUT2D eigenvalue weighted by Gasteiger charge is -2.11.